The van der Waals surface area contributed by atoms with E-state index >= 15 is 0 Å². The molecular formula is C85H100F24FeN10O2P4. The minimum atomic E-state index is -10.7. The largest absolute Gasteiger partial charge is 2.00 e. The number of nitrogens with one attached hydrogen (secondary N) is 1. The van der Waals surface area contributed by atoms with Gasteiger partial charge in [-0.3, -0.25) is 10.1 Å². The van der Waals surface area contributed by atoms with Gasteiger partial charge < -0.3 is 33.5 Å². The van der Waals surface area contributed by atoms with Crippen molar-refractivity contribution in [2.24, 2.45) is 13.0 Å². The SMILES string of the molecule is C1=CCC=C1.C[N+](C)=Cc1cn(CCCC2C=CC=C2)c2ccccc12.Cc1[nH]c2ccc3ccccc3c2c1C=[N+](C)C.Cn1c(-c2ccccc2)c(C=[N+](C)C)c2cc([N+](=O)[O-])ccc21.F[P-](F)(F)(F)(F)F.F[P-](F)(F)(F)(F)F.F[P-](F)(F)(F)(F)F.F[P-](F)(F)(F)(F)F.[C-]#[N+]c1ccc2c(c1)c(C=[N+](CCCC)CCCC)c(C)n2-c1ccccc1.[CH3-].[CH3-].[Fe+2]. The molecule has 4 heterocycles. The molecule has 41 heteroatoms. The van der Waals surface area contributed by atoms with E-state index in [0.717, 1.165) is 70.4 Å². The molecule has 1 N–H and O–H groups in total. The Bertz CT molecular complexity index is 5680. The van der Waals surface area contributed by atoms with Gasteiger partial charge in [0.05, 0.1) is 45.0 Å². The number of nitro groups is 1. The topological polar surface area (TPSA) is 90.1 Å². The number of aromatic nitrogens is 4. The van der Waals surface area contributed by atoms with Crippen LogP contribution in [0.25, 0.3) is 76.2 Å². The Balaban J connectivity index is 0.000000506. The number of halogens is 24. The third-order valence-electron chi connectivity index (χ3n) is 17.1. The number of benzene rings is 7. The van der Waals surface area contributed by atoms with Gasteiger partial charge >= 0.3 is 149 Å². The maximum atomic E-state index is 11.1. The number of H-pyrrole nitrogens is 1. The van der Waals surface area contributed by atoms with Gasteiger partial charge in [0.1, 0.15) is 55.4 Å². The summed E-state index contributed by atoms with van der Waals surface area (Å²) in [6.07, 6.45) is 36.6. The molecule has 0 saturated heterocycles. The van der Waals surface area contributed by atoms with Gasteiger partial charge in [-0.2, -0.15) is 0 Å². The van der Waals surface area contributed by atoms with Crippen LogP contribution in [0.3, 0.4) is 0 Å². The first-order valence-electron chi connectivity index (χ1n) is 37.4. The average molecular weight is 1930 g/mol. The molecule has 0 spiro atoms. The predicted molar refractivity (Wildman–Crippen MR) is 470 cm³/mol. The van der Waals surface area contributed by atoms with Crippen molar-refractivity contribution < 1.29 is 141 Å². The van der Waals surface area contributed by atoms with Crippen molar-refractivity contribution in [3.8, 4) is 16.9 Å². The molecule has 0 aliphatic heterocycles. The van der Waals surface area contributed by atoms with Gasteiger partial charge in [-0.25, -0.2) is 23.1 Å². The Morgan fingerprint density at radius 3 is 1.44 bits per heavy atom. The van der Waals surface area contributed by atoms with Crippen LogP contribution in [0.2, 0.25) is 0 Å². The number of hydrogen-bond acceptors (Lipinski definition) is 2. The number of fused-ring (bicyclic) bond motifs is 6. The van der Waals surface area contributed by atoms with Crippen LogP contribution >= 0.6 is 31.2 Å². The van der Waals surface area contributed by atoms with E-state index in [2.05, 4.69) is 270 Å². The number of nitro benzene ring substituents is 1. The number of allylic oxidation sites excluding steroid dienone is 8. The van der Waals surface area contributed by atoms with Crippen molar-refractivity contribution >= 4 is 122 Å². The number of rotatable bonds is 17. The van der Waals surface area contributed by atoms with Gasteiger partial charge in [-0.1, -0.05) is 178 Å². The van der Waals surface area contributed by atoms with Crippen LogP contribution in [-0.2, 0) is 30.7 Å². The van der Waals surface area contributed by atoms with E-state index in [1.165, 1.54) is 99.2 Å². The second kappa shape index (κ2) is 41.0. The summed E-state index contributed by atoms with van der Waals surface area (Å²) >= 11 is 0. The molecule has 4 aromatic heterocycles. The second-order valence-electron chi connectivity index (χ2n) is 28.9. The number of aryl methyl sites for hydroxylation is 3. The van der Waals surface area contributed by atoms with Gasteiger partial charge in [0.25, 0.3) is 5.69 Å². The Kier molecular flexibility index (Phi) is 36.5. The molecule has 0 saturated carbocycles. The number of non-ortho nitro benzene ring substituents is 1. The molecule has 11 aromatic rings. The number of para-hydroxylation sites is 2. The van der Waals surface area contributed by atoms with Crippen molar-refractivity contribution in [1.29, 1.82) is 0 Å². The maximum absolute atomic E-state index is 11.1. The van der Waals surface area contributed by atoms with Crippen LogP contribution in [0, 0.1) is 51.3 Å². The Morgan fingerprint density at radius 1 is 0.508 bits per heavy atom. The van der Waals surface area contributed by atoms with E-state index in [9.17, 15) is 111 Å². The fraction of sp³-hybridized carbons (Fsp3) is 0.259. The van der Waals surface area contributed by atoms with Gasteiger partial charge in [0.2, 0.25) is 0 Å². The molecular weight excluding hydrogens is 1830 g/mol. The Hall–Kier alpha value is -9.95. The summed E-state index contributed by atoms with van der Waals surface area (Å²) in [4.78, 5) is 17.9. The van der Waals surface area contributed by atoms with Crippen LogP contribution in [0.5, 0.6) is 0 Å². The van der Waals surface area contributed by atoms with Gasteiger partial charge in [-0.15, -0.1) is 0 Å². The number of aromatic amines is 1. The number of unbranched alkanes of at least 4 members (excludes halogenated alkanes) is 2. The van der Waals surface area contributed by atoms with Crippen molar-refractivity contribution in [3.05, 3.63) is 283 Å². The summed E-state index contributed by atoms with van der Waals surface area (Å²) in [6.45, 7) is 19.5. The normalized spacial score (nSPS) is 14.1. The molecule has 12 nitrogen and oxygen atoms in total. The third kappa shape index (κ3) is 45.5. The first-order valence-corrected chi connectivity index (χ1v) is 45.5. The third-order valence-corrected chi connectivity index (χ3v) is 17.1. The van der Waals surface area contributed by atoms with Crippen molar-refractivity contribution in [3.63, 3.8) is 0 Å². The Morgan fingerprint density at radius 2 is 0.968 bits per heavy atom. The molecule has 2 aliphatic carbocycles. The van der Waals surface area contributed by atoms with E-state index in [4.69, 9.17) is 6.57 Å². The van der Waals surface area contributed by atoms with Crippen LogP contribution < -0.4 is 0 Å². The fourth-order valence-electron chi connectivity index (χ4n) is 12.6. The number of hydrogen-bond donors (Lipinski definition) is 1. The predicted octanol–water partition coefficient (Wildman–Crippen LogP) is 33.1. The van der Waals surface area contributed by atoms with Crippen molar-refractivity contribution in [1.82, 2.24) is 18.7 Å². The van der Waals surface area contributed by atoms with Crippen molar-refractivity contribution in [2.75, 3.05) is 55.4 Å². The molecule has 7 aromatic carbocycles. The summed E-state index contributed by atoms with van der Waals surface area (Å²) in [5, 5.41) is 18.4. The first-order chi connectivity index (χ1) is 55.9. The summed E-state index contributed by atoms with van der Waals surface area (Å²) in [6, 6.07) is 53.2. The summed E-state index contributed by atoms with van der Waals surface area (Å²) in [7, 11) is -28.5. The number of nitrogens with zero attached hydrogens (tertiary/aromatic N) is 9. The average Bonchev–Trinajstić information content (AvgIpc) is 1.60. The van der Waals surface area contributed by atoms with Crippen LogP contribution in [0.15, 0.2) is 213 Å². The van der Waals surface area contributed by atoms with Crippen LogP contribution in [0.1, 0.15) is 92.4 Å². The molecule has 0 radical (unpaired) electrons. The molecule has 698 valence electrons. The molecule has 0 fully saturated rings. The Labute approximate surface area is 725 Å². The van der Waals surface area contributed by atoms with E-state index in [-0.39, 0.29) is 42.5 Å². The second-order valence-corrected chi connectivity index (χ2v) is 36.6. The van der Waals surface area contributed by atoms with Gasteiger partial charge in [0, 0.05) is 99.9 Å². The maximum Gasteiger partial charge on any atom is 2.00 e. The molecule has 0 atom stereocenters. The molecule has 126 heavy (non-hydrogen) atoms. The smallest absolute Gasteiger partial charge is 0.358 e. The summed E-state index contributed by atoms with van der Waals surface area (Å²) in [5.41, 5.74) is 16.0. The van der Waals surface area contributed by atoms with Gasteiger partial charge in [-0.05, 0) is 97.8 Å². The zero-order chi connectivity index (χ0) is 93.0. The van der Waals surface area contributed by atoms with E-state index in [1.807, 2.05) is 74.4 Å². The summed E-state index contributed by atoms with van der Waals surface area (Å²) < 4.78 is 252. The summed E-state index contributed by atoms with van der Waals surface area (Å²) in [5.74, 6) is 0.639. The van der Waals surface area contributed by atoms with E-state index in [0.29, 0.717) is 11.6 Å². The minimum Gasteiger partial charge on any atom is -0.358 e. The van der Waals surface area contributed by atoms with E-state index < -0.39 is 31.2 Å². The zero-order valence-corrected chi connectivity index (χ0v) is 75.4. The van der Waals surface area contributed by atoms with E-state index in [1.54, 1.807) is 12.1 Å². The van der Waals surface area contributed by atoms with Crippen LogP contribution in [0.4, 0.5) is 112 Å². The van der Waals surface area contributed by atoms with Crippen LogP contribution in [-0.4, -0.2) is 122 Å². The standard InChI is InChI=1S/C25H30N3.C19H23N2.C18H18N3O2.C16H16N2.C5H6.2CH3.4F6P.Fe/c1-5-7-16-27(17-8-6-2)19-24-20(3)28(22-12-10-9-11-13-22)25-15-14-21(26-4)18-23(24)25;1-20(2)14-17-15-21(19-12-6-5-11-18(17)19)13-7-10-16-8-3-4-9-16;1-19(2)12-16-15-11-14(21(22)23)9-10-17(15)20(3)18(16)13-7-5-4-6-8-13;1-11-14(10-18(2)3)16-13-7-5-4-6-12(13)8-9-15(16)17-11;1-2-4-5-3-1;;;4*1-7(2,3,4,5)6;/h9-15,18-19H,5-8,16-17H2,1-3H3;3-6,8-9,11-12,14-16H,7,10,13H2,1-2H3;4-12H,1-3H3;4-10H,1-3H3;1-4H,5H2;2*1H3;;;;;/q3*+1;;;6*-1;+2/p+1. The van der Waals surface area contributed by atoms with Gasteiger partial charge in [0.15, 0.2) is 30.5 Å². The molecule has 0 bridgehead atoms. The molecule has 2 aliphatic rings. The first kappa shape index (κ1) is 112. The molecule has 0 unspecified atom stereocenters. The molecule has 0 amide bonds. The minimum absolute atomic E-state index is 0. The fourth-order valence-corrected chi connectivity index (χ4v) is 12.6. The monoisotopic (exact) mass is 1930 g/mol. The quantitative estimate of drug-likeness (QED) is 0.0144. The molecule has 13 rings (SSSR count). The van der Waals surface area contributed by atoms with Crippen molar-refractivity contribution in [2.45, 2.75) is 79.2 Å². The zero-order valence-electron chi connectivity index (χ0n) is 70.7.